The molecule has 7 heteroatoms. The summed E-state index contributed by atoms with van der Waals surface area (Å²) in [6.45, 7) is 4.08. The molecule has 2 atom stereocenters. The van der Waals surface area contributed by atoms with Crippen molar-refractivity contribution in [3.63, 3.8) is 0 Å². The quantitative estimate of drug-likeness (QED) is 0.772. The van der Waals surface area contributed by atoms with Gasteiger partial charge in [-0.25, -0.2) is 4.39 Å². The zero-order chi connectivity index (χ0) is 20.5. The summed E-state index contributed by atoms with van der Waals surface area (Å²) >= 11 is 3.36. The van der Waals surface area contributed by atoms with Crippen molar-refractivity contribution in [1.82, 2.24) is 4.90 Å². The third-order valence-corrected chi connectivity index (χ3v) is 6.07. The number of nitrogens with two attached hydrogens (primary N) is 1. The smallest absolute Gasteiger partial charge is 0.191 e. The van der Waals surface area contributed by atoms with Gasteiger partial charge in [0, 0.05) is 29.4 Å². The van der Waals surface area contributed by atoms with Gasteiger partial charge in [-0.2, -0.15) is 15.8 Å². The summed E-state index contributed by atoms with van der Waals surface area (Å²) in [5, 5.41) is 29.7. The Morgan fingerprint density at radius 3 is 2.64 bits per heavy atom. The minimum Gasteiger partial charge on any atom is -0.399 e. The van der Waals surface area contributed by atoms with Crippen LogP contribution in [0.2, 0.25) is 0 Å². The standard InChI is InChI=1S/C21H19BrFN5/c1-2-6-28-7-5-14-16(9-24)20(27)21(11-25,12-26)19(17(14)10-28)15-8-13(22)3-4-18(15)23/h3-5,8,17,19H,2,6-7,10,27H2,1H3. The summed E-state index contributed by atoms with van der Waals surface area (Å²) in [6, 6.07) is 10.6. The lowest BCUT2D eigenvalue weighted by Gasteiger charge is -2.45. The monoisotopic (exact) mass is 439 g/mol. The Bertz CT molecular complexity index is 978. The molecular formula is C21H19BrFN5. The Morgan fingerprint density at radius 1 is 1.32 bits per heavy atom. The molecule has 1 aromatic carbocycles. The molecule has 0 fully saturated rings. The van der Waals surface area contributed by atoms with Gasteiger partial charge in [0.15, 0.2) is 5.41 Å². The Labute approximate surface area is 172 Å². The summed E-state index contributed by atoms with van der Waals surface area (Å²) < 4.78 is 15.5. The molecule has 1 heterocycles. The normalized spacial score (nSPS) is 23.8. The molecule has 0 radical (unpaired) electrons. The number of hydrogen-bond acceptors (Lipinski definition) is 5. The number of fused-ring (bicyclic) bond motifs is 1. The van der Waals surface area contributed by atoms with Gasteiger partial charge >= 0.3 is 0 Å². The Balaban J connectivity index is 2.32. The van der Waals surface area contributed by atoms with Crippen LogP contribution in [0.3, 0.4) is 0 Å². The number of rotatable bonds is 3. The molecule has 0 saturated carbocycles. The molecule has 2 N–H and O–H groups in total. The lowest BCUT2D eigenvalue weighted by molar-refractivity contribution is 0.205. The first kappa shape index (κ1) is 20.1. The molecule has 3 rings (SSSR count). The fourth-order valence-electron chi connectivity index (χ4n) is 4.34. The first-order valence-corrected chi connectivity index (χ1v) is 9.83. The van der Waals surface area contributed by atoms with Crippen LogP contribution in [0.15, 0.2) is 45.6 Å². The second-order valence-electron chi connectivity index (χ2n) is 7.10. The van der Waals surface area contributed by atoms with Gasteiger partial charge in [-0.1, -0.05) is 28.9 Å². The lowest BCUT2D eigenvalue weighted by Crippen LogP contribution is -2.48. The number of allylic oxidation sites excluding steroid dienone is 2. The second-order valence-corrected chi connectivity index (χ2v) is 8.02. The van der Waals surface area contributed by atoms with Crippen molar-refractivity contribution in [3.8, 4) is 18.2 Å². The van der Waals surface area contributed by atoms with E-state index in [1.54, 1.807) is 12.1 Å². The molecule has 1 aliphatic heterocycles. The highest BCUT2D eigenvalue weighted by Crippen LogP contribution is 2.54. The third kappa shape index (κ3) is 3.00. The van der Waals surface area contributed by atoms with E-state index >= 15 is 0 Å². The van der Waals surface area contributed by atoms with Crippen LogP contribution in [-0.2, 0) is 0 Å². The van der Waals surface area contributed by atoms with E-state index in [0.29, 0.717) is 23.1 Å². The zero-order valence-electron chi connectivity index (χ0n) is 15.4. The van der Waals surface area contributed by atoms with Crippen LogP contribution in [0.1, 0.15) is 24.8 Å². The highest BCUT2D eigenvalue weighted by molar-refractivity contribution is 9.10. The van der Waals surface area contributed by atoms with Gasteiger partial charge < -0.3 is 5.73 Å². The molecule has 0 amide bonds. The van der Waals surface area contributed by atoms with Gasteiger partial charge in [0.2, 0.25) is 0 Å². The average Bonchev–Trinajstić information content (AvgIpc) is 2.70. The molecule has 0 aromatic heterocycles. The Hall–Kier alpha value is -2.66. The second kappa shape index (κ2) is 7.76. The molecule has 1 aromatic rings. The van der Waals surface area contributed by atoms with Crippen LogP contribution in [0.25, 0.3) is 0 Å². The number of halogens is 2. The largest absolute Gasteiger partial charge is 0.399 e. The van der Waals surface area contributed by atoms with Gasteiger partial charge in [0.1, 0.15) is 11.9 Å². The van der Waals surface area contributed by atoms with Crippen molar-refractivity contribution in [2.45, 2.75) is 19.3 Å². The van der Waals surface area contributed by atoms with Gasteiger partial charge in [0.25, 0.3) is 0 Å². The number of benzene rings is 1. The maximum Gasteiger partial charge on any atom is 0.191 e. The molecular weight excluding hydrogens is 421 g/mol. The Kier molecular flexibility index (Phi) is 5.57. The van der Waals surface area contributed by atoms with Gasteiger partial charge in [0.05, 0.1) is 23.4 Å². The third-order valence-electron chi connectivity index (χ3n) is 5.57. The molecule has 0 saturated heterocycles. The molecule has 28 heavy (non-hydrogen) atoms. The Morgan fingerprint density at radius 2 is 2.04 bits per heavy atom. The molecule has 2 aliphatic rings. The van der Waals surface area contributed by atoms with E-state index in [-0.39, 0.29) is 22.8 Å². The molecule has 2 unspecified atom stereocenters. The topological polar surface area (TPSA) is 101 Å². The van der Waals surface area contributed by atoms with Crippen LogP contribution in [-0.4, -0.2) is 24.5 Å². The van der Waals surface area contributed by atoms with Crippen molar-refractivity contribution in [2.24, 2.45) is 17.1 Å². The van der Waals surface area contributed by atoms with E-state index in [0.717, 1.165) is 13.0 Å². The minimum absolute atomic E-state index is 0.0872. The van der Waals surface area contributed by atoms with E-state index in [9.17, 15) is 20.2 Å². The SMILES string of the molecule is CCCN1CC=C2C(C#N)=C(N)C(C#N)(C#N)C(c3cc(Br)ccc3F)C2C1. The molecule has 0 spiro atoms. The van der Waals surface area contributed by atoms with Crippen LogP contribution in [0.4, 0.5) is 4.39 Å². The minimum atomic E-state index is -1.82. The van der Waals surface area contributed by atoms with Crippen LogP contribution in [0, 0.1) is 51.1 Å². The van der Waals surface area contributed by atoms with E-state index in [2.05, 4.69) is 33.8 Å². The molecule has 142 valence electrons. The number of hydrogen-bond donors (Lipinski definition) is 1. The fourth-order valence-corrected chi connectivity index (χ4v) is 4.71. The molecule has 5 nitrogen and oxygen atoms in total. The zero-order valence-corrected chi connectivity index (χ0v) is 17.0. The molecule has 1 aliphatic carbocycles. The number of nitriles is 3. The van der Waals surface area contributed by atoms with Crippen LogP contribution >= 0.6 is 15.9 Å². The van der Waals surface area contributed by atoms with E-state index in [1.165, 1.54) is 6.07 Å². The highest BCUT2D eigenvalue weighted by atomic mass is 79.9. The maximum absolute atomic E-state index is 14.9. The van der Waals surface area contributed by atoms with E-state index in [4.69, 9.17) is 5.73 Å². The number of nitrogens with zero attached hydrogens (tertiary/aromatic N) is 4. The highest BCUT2D eigenvalue weighted by Gasteiger charge is 2.55. The van der Waals surface area contributed by atoms with Crippen molar-refractivity contribution in [2.75, 3.05) is 19.6 Å². The van der Waals surface area contributed by atoms with Crippen LogP contribution < -0.4 is 5.73 Å². The van der Waals surface area contributed by atoms with Crippen molar-refractivity contribution in [1.29, 1.82) is 15.8 Å². The average molecular weight is 440 g/mol. The van der Waals surface area contributed by atoms with Crippen molar-refractivity contribution >= 4 is 15.9 Å². The maximum atomic E-state index is 14.9. The van der Waals surface area contributed by atoms with Gasteiger partial charge in [-0.15, -0.1) is 0 Å². The fraction of sp³-hybridized carbons (Fsp3) is 0.381. The lowest BCUT2D eigenvalue weighted by atomic mass is 9.58. The van der Waals surface area contributed by atoms with Crippen LogP contribution in [0.5, 0.6) is 0 Å². The predicted octanol–water partition coefficient (Wildman–Crippen LogP) is 3.72. The molecule has 0 bridgehead atoms. The summed E-state index contributed by atoms with van der Waals surface area (Å²) in [5.74, 6) is -1.70. The summed E-state index contributed by atoms with van der Waals surface area (Å²) in [6.07, 6.45) is 2.87. The summed E-state index contributed by atoms with van der Waals surface area (Å²) in [5.41, 5.74) is 5.47. The van der Waals surface area contributed by atoms with Crippen molar-refractivity contribution in [3.05, 3.63) is 57.0 Å². The summed E-state index contributed by atoms with van der Waals surface area (Å²) in [7, 11) is 0. The van der Waals surface area contributed by atoms with Gasteiger partial charge in [-0.3, -0.25) is 4.90 Å². The van der Waals surface area contributed by atoms with Crippen molar-refractivity contribution < 1.29 is 4.39 Å². The van der Waals surface area contributed by atoms with E-state index < -0.39 is 17.2 Å². The van der Waals surface area contributed by atoms with E-state index in [1.807, 2.05) is 18.2 Å². The van der Waals surface area contributed by atoms with Gasteiger partial charge in [-0.05, 0) is 42.3 Å². The first-order valence-electron chi connectivity index (χ1n) is 9.04. The summed E-state index contributed by atoms with van der Waals surface area (Å²) in [4.78, 5) is 2.19. The first-order chi connectivity index (χ1) is 13.4. The predicted molar refractivity (Wildman–Crippen MR) is 106 cm³/mol.